The minimum absolute atomic E-state index is 0.314. The fraction of sp³-hybridized carbons (Fsp3) is 1.00. The van der Waals surface area contributed by atoms with E-state index in [1.165, 1.54) is 25.9 Å². The molecule has 0 bridgehead atoms. The predicted octanol–water partition coefficient (Wildman–Crippen LogP) is 0.0526. The van der Waals surface area contributed by atoms with Gasteiger partial charge in [-0.25, -0.2) is 0 Å². The van der Waals surface area contributed by atoms with E-state index in [9.17, 15) is 0 Å². The second-order valence-corrected chi connectivity index (χ2v) is 4.37. The Morgan fingerprint density at radius 1 is 1.38 bits per heavy atom. The third-order valence-electron chi connectivity index (χ3n) is 3.03. The molecule has 2 fully saturated rings. The fourth-order valence-electron chi connectivity index (χ4n) is 2.07. The van der Waals surface area contributed by atoms with Gasteiger partial charge in [0.05, 0.1) is 0 Å². The smallest absolute Gasteiger partial charge is 0.0446 e. The SMILES string of the molecule is OCC[C@@H]1CN(CC2CC2)CCN1. The van der Waals surface area contributed by atoms with Gasteiger partial charge in [0.1, 0.15) is 0 Å². The first-order valence-corrected chi connectivity index (χ1v) is 5.45. The largest absolute Gasteiger partial charge is 0.396 e. The highest BCUT2D eigenvalue weighted by molar-refractivity contribution is 4.83. The van der Waals surface area contributed by atoms with Crippen LogP contribution in [0.2, 0.25) is 0 Å². The van der Waals surface area contributed by atoms with Crippen LogP contribution in [-0.4, -0.2) is 48.8 Å². The van der Waals surface area contributed by atoms with Gasteiger partial charge in [-0.3, -0.25) is 0 Å². The van der Waals surface area contributed by atoms with Crippen LogP contribution in [0, 0.1) is 5.92 Å². The lowest BCUT2D eigenvalue weighted by atomic mass is 10.1. The number of aliphatic hydroxyl groups excluding tert-OH is 1. The zero-order chi connectivity index (χ0) is 9.10. The summed E-state index contributed by atoms with van der Waals surface area (Å²) >= 11 is 0. The molecule has 1 aliphatic carbocycles. The van der Waals surface area contributed by atoms with Gasteiger partial charge in [0, 0.05) is 38.8 Å². The van der Waals surface area contributed by atoms with Crippen molar-refractivity contribution in [2.24, 2.45) is 5.92 Å². The van der Waals surface area contributed by atoms with Crippen molar-refractivity contribution >= 4 is 0 Å². The molecule has 1 heterocycles. The van der Waals surface area contributed by atoms with Gasteiger partial charge < -0.3 is 15.3 Å². The van der Waals surface area contributed by atoms with Crippen LogP contribution in [-0.2, 0) is 0 Å². The number of hydrogen-bond donors (Lipinski definition) is 2. The number of rotatable bonds is 4. The van der Waals surface area contributed by atoms with Crippen LogP contribution in [0.4, 0.5) is 0 Å². The Hall–Kier alpha value is -0.120. The molecule has 0 aromatic carbocycles. The predicted molar refractivity (Wildman–Crippen MR) is 52.7 cm³/mol. The Labute approximate surface area is 80.1 Å². The molecule has 1 saturated carbocycles. The highest BCUT2D eigenvalue weighted by Gasteiger charge is 2.26. The quantitative estimate of drug-likeness (QED) is 0.648. The van der Waals surface area contributed by atoms with Crippen molar-refractivity contribution in [3.63, 3.8) is 0 Å². The summed E-state index contributed by atoms with van der Waals surface area (Å²) in [6.45, 7) is 5.03. The molecule has 0 amide bonds. The number of nitrogens with one attached hydrogen (secondary N) is 1. The lowest BCUT2D eigenvalue weighted by Crippen LogP contribution is -2.51. The van der Waals surface area contributed by atoms with Crippen LogP contribution in [0.1, 0.15) is 19.3 Å². The molecule has 76 valence electrons. The lowest BCUT2D eigenvalue weighted by Gasteiger charge is -2.33. The molecule has 3 heteroatoms. The first-order valence-electron chi connectivity index (χ1n) is 5.45. The van der Waals surface area contributed by atoms with Crippen LogP contribution in [0.5, 0.6) is 0 Å². The Morgan fingerprint density at radius 2 is 2.23 bits per heavy atom. The third-order valence-corrected chi connectivity index (χ3v) is 3.03. The van der Waals surface area contributed by atoms with Gasteiger partial charge in [0.2, 0.25) is 0 Å². The summed E-state index contributed by atoms with van der Waals surface area (Å²) in [5.74, 6) is 0.993. The molecule has 13 heavy (non-hydrogen) atoms. The first-order chi connectivity index (χ1) is 6.38. The minimum atomic E-state index is 0.314. The van der Waals surface area contributed by atoms with Gasteiger partial charge in [0.15, 0.2) is 0 Å². The molecule has 0 aromatic rings. The molecule has 1 saturated heterocycles. The van der Waals surface area contributed by atoms with Crippen LogP contribution in [0.15, 0.2) is 0 Å². The van der Waals surface area contributed by atoms with E-state index >= 15 is 0 Å². The molecule has 2 N–H and O–H groups in total. The van der Waals surface area contributed by atoms with Gasteiger partial charge in [-0.2, -0.15) is 0 Å². The van der Waals surface area contributed by atoms with E-state index in [1.54, 1.807) is 0 Å². The van der Waals surface area contributed by atoms with Gasteiger partial charge in [0.25, 0.3) is 0 Å². The van der Waals surface area contributed by atoms with Crippen LogP contribution in [0.3, 0.4) is 0 Å². The Bertz CT molecular complexity index is 157. The highest BCUT2D eigenvalue weighted by Crippen LogP contribution is 2.29. The van der Waals surface area contributed by atoms with E-state index in [2.05, 4.69) is 10.2 Å². The summed E-state index contributed by atoms with van der Waals surface area (Å²) in [6, 6.07) is 0.525. The number of hydrogen-bond acceptors (Lipinski definition) is 3. The van der Waals surface area contributed by atoms with Crippen molar-refractivity contribution in [3.8, 4) is 0 Å². The van der Waals surface area contributed by atoms with E-state index in [1.807, 2.05) is 0 Å². The topological polar surface area (TPSA) is 35.5 Å². The van der Waals surface area contributed by atoms with Crippen molar-refractivity contribution in [2.75, 3.05) is 32.8 Å². The van der Waals surface area contributed by atoms with E-state index in [-0.39, 0.29) is 0 Å². The second-order valence-electron chi connectivity index (χ2n) is 4.37. The third kappa shape index (κ3) is 2.93. The Balaban J connectivity index is 1.70. The zero-order valence-electron chi connectivity index (χ0n) is 8.21. The molecule has 2 aliphatic rings. The average molecular weight is 184 g/mol. The van der Waals surface area contributed by atoms with Gasteiger partial charge >= 0.3 is 0 Å². The first kappa shape index (κ1) is 9.44. The van der Waals surface area contributed by atoms with Crippen molar-refractivity contribution < 1.29 is 5.11 Å². The minimum Gasteiger partial charge on any atom is -0.396 e. The fourth-order valence-corrected chi connectivity index (χ4v) is 2.07. The molecular weight excluding hydrogens is 164 g/mol. The number of aliphatic hydroxyl groups is 1. The summed E-state index contributed by atoms with van der Waals surface area (Å²) in [4.78, 5) is 2.55. The summed E-state index contributed by atoms with van der Waals surface area (Å²) in [5, 5.41) is 12.3. The molecule has 0 spiro atoms. The summed E-state index contributed by atoms with van der Waals surface area (Å²) in [5.41, 5.74) is 0. The van der Waals surface area contributed by atoms with E-state index < -0.39 is 0 Å². The maximum Gasteiger partial charge on any atom is 0.0446 e. The van der Waals surface area contributed by atoms with Gasteiger partial charge in [-0.15, -0.1) is 0 Å². The summed E-state index contributed by atoms with van der Waals surface area (Å²) in [7, 11) is 0. The standard InChI is InChI=1S/C10H20N2O/c13-6-3-10-8-12(5-4-11-10)7-9-1-2-9/h9-11,13H,1-8H2/t10-/m1/s1. The van der Waals surface area contributed by atoms with E-state index in [4.69, 9.17) is 5.11 Å². The normalized spacial score (nSPS) is 30.7. The van der Waals surface area contributed by atoms with Crippen molar-refractivity contribution in [1.29, 1.82) is 0 Å². The van der Waals surface area contributed by atoms with E-state index in [0.717, 1.165) is 25.4 Å². The summed E-state index contributed by atoms with van der Waals surface area (Å²) in [6.07, 6.45) is 3.78. The maximum absolute atomic E-state index is 8.84. The van der Waals surface area contributed by atoms with Crippen molar-refractivity contribution in [3.05, 3.63) is 0 Å². The number of piperazine rings is 1. The molecule has 0 unspecified atom stereocenters. The molecule has 1 aliphatic heterocycles. The van der Waals surface area contributed by atoms with Gasteiger partial charge in [-0.1, -0.05) is 0 Å². The van der Waals surface area contributed by atoms with Crippen LogP contribution in [0.25, 0.3) is 0 Å². The van der Waals surface area contributed by atoms with Crippen LogP contribution >= 0.6 is 0 Å². The molecule has 2 rings (SSSR count). The average Bonchev–Trinajstić information content (AvgIpc) is 2.90. The highest BCUT2D eigenvalue weighted by atomic mass is 16.3. The summed E-state index contributed by atoms with van der Waals surface area (Å²) < 4.78 is 0. The molecular formula is C10H20N2O. The van der Waals surface area contributed by atoms with Gasteiger partial charge in [-0.05, 0) is 25.2 Å². The molecule has 0 aromatic heterocycles. The van der Waals surface area contributed by atoms with Crippen LogP contribution < -0.4 is 5.32 Å². The zero-order valence-corrected chi connectivity index (χ0v) is 8.21. The monoisotopic (exact) mass is 184 g/mol. The van der Waals surface area contributed by atoms with Crippen molar-refractivity contribution in [1.82, 2.24) is 10.2 Å². The lowest BCUT2D eigenvalue weighted by molar-refractivity contribution is 0.168. The molecule has 3 nitrogen and oxygen atoms in total. The number of nitrogens with zero attached hydrogens (tertiary/aromatic N) is 1. The second kappa shape index (κ2) is 4.40. The molecule has 0 radical (unpaired) electrons. The van der Waals surface area contributed by atoms with Crippen molar-refractivity contribution in [2.45, 2.75) is 25.3 Å². The Kier molecular flexibility index (Phi) is 3.19. The Morgan fingerprint density at radius 3 is 2.92 bits per heavy atom. The maximum atomic E-state index is 8.84. The molecule has 1 atom stereocenters. The van der Waals surface area contributed by atoms with E-state index in [0.29, 0.717) is 12.6 Å².